The maximum absolute atomic E-state index is 12.9. The number of unbranched alkanes of at least 4 members (excludes halogenated alkanes) is 50. The van der Waals surface area contributed by atoms with Crippen LogP contribution in [0.2, 0.25) is 0 Å². The highest BCUT2D eigenvalue weighted by atomic mass is 31.2. The van der Waals surface area contributed by atoms with Gasteiger partial charge in [-0.05, 0) is 38.5 Å². The highest BCUT2D eigenvalue weighted by molar-refractivity contribution is 7.45. The molecule has 0 aromatic carbocycles. The van der Waals surface area contributed by atoms with E-state index in [0.29, 0.717) is 17.4 Å². The van der Waals surface area contributed by atoms with Gasteiger partial charge in [0.25, 0.3) is 7.82 Å². The third-order valence-electron chi connectivity index (χ3n) is 16.0. The van der Waals surface area contributed by atoms with Gasteiger partial charge in [-0.15, -0.1) is 0 Å². The Bertz CT molecular complexity index is 1340. The number of likely N-dealkylation sites (N-methyl/N-ethyl adjacent to an activating group) is 1. The zero-order valence-electron chi connectivity index (χ0n) is 53.6. The van der Waals surface area contributed by atoms with Gasteiger partial charge in [0, 0.05) is 12.8 Å². The van der Waals surface area contributed by atoms with Crippen LogP contribution in [0.4, 0.5) is 0 Å². The third kappa shape index (κ3) is 65.8. The zero-order chi connectivity index (χ0) is 57.7. The topological polar surface area (TPSA) is 111 Å². The molecule has 0 aliphatic rings. The largest absolute Gasteiger partial charge is 0.756 e. The average molecular weight is 1140 g/mol. The molecule has 0 aliphatic carbocycles. The average Bonchev–Trinajstić information content (AvgIpc) is 3.41. The Morgan fingerprint density at radius 1 is 0.380 bits per heavy atom. The van der Waals surface area contributed by atoms with Crippen molar-refractivity contribution in [3.05, 3.63) is 12.2 Å². The Morgan fingerprint density at radius 3 is 0.937 bits per heavy atom. The Hall–Kier alpha value is -1.25. The van der Waals surface area contributed by atoms with Crippen molar-refractivity contribution >= 4 is 19.8 Å². The van der Waals surface area contributed by atoms with Crippen LogP contribution in [0, 0.1) is 0 Å². The van der Waals surface area contributed by atoms with Crippen LogP contribution >= 0.6 is 7.82 Å². The first kappa shape index (κ1) is 77.8. The fourth-order valence-electron chi connectivity index (χ4n) is 10.7. The van der Waals surface area contributed by atoms with Crippen molar-refractivity contribution in [1.29, 1.82) is 0 Å². The smallest absolute Gasteiger partial charge is 0.306 e. The van der Waals surface area contributed by atoms with E-state index in [9.17, 15) is 19.0 Å². The van der Waals surface area contributed by atoms with E-state index in [0.717, 1.165) is 32.1 Å². The number of hydrogen-bond donors (Lipinski definition) is 0. The molecule has 79 heavy (non-hydrogen) atoms. The molecule has 470 valence electrons. The lowest BCUT2D eigenvalue weighted by atomic mass is 10.0. The maximum atomic E-state index is 12.9. The van der Waals surface area contributed by atoms with Gasteiger partial charge in [-0.2, -0.15) is 0 Å². The number of ether oxygens (including phenoxy) is 2. The maximum Gasteiger partial charge on any atom is 0.306 e. The Balaban J connectivity index is 3.98. The summed E-state index contributed by atoms with van der Waals surface area (Å²) in [5, 5.41) is 0. The van der Waals surface area contributed by atoms with Gasteiger partial charge in [0.2, 0.25) is 0 Å². The molecule has 0 aromatic rings. The van der Waals surface area contributed by atoms with E-state index >= 15 is 0 Å². The quantitative estimate of drug-likeness (QED) is 0.0195. The van der Waals surface area contributed by atoms with Crippen LogP contribution in [0.5, 0.6) is 0 Å². The van der Waals surface area contributed by atoms with Gasteiger partial charge in [0.1, 0.15) is 19.8 Å². The summed E-state index contributed by atoms with van der Waals surface area (Å²) in [5.41, 5.74) is 0. The standard InChI is InChI=1S/C69H136NO8P/c1-6-8-10-12-14-16-18-20-22-24-26-28-30-32-33-34-35-36-37-38-40-42-44-46-48-50-52-54-56-58-60-62-69(72)78-67(66-77-79(73,74)76-64-63-70(3,4)5)65-75-68(71)61-59-57-55-53-51-49-47-45-43-41-39-31-29-27-25-23-21-19-17-15-13-11-9-7-2/h24,26,67H,6-23,25,27-66H2,1-5H3/b26-24-. The molecular formula is C69H136NO8P. The summed E-state index contributed by atoms with van der Waals surface area (Å²) >= 11 is 0. The fourth-order valence-corrected chi connectivity index (χ4v) is 11.4. The molecule has 10 heteroatoms. The lowest BCUT2D eigenvalue weighted by Crippen LogP contribution is -2.37. The number of carbonyl (C=O) groups excluding carboxylic acids is 2. The predicted molar refractivity (Wildman–Crippen MR) is 338 cm³/mol. The van der Waals surface area contributed by atoms with Gasteiger partial charge in [0.05, 0.1) is 27.7 Å². The summed E-state index contributed by atoms with van der Waals surface area (Å²) in [5.74, 6) is -0.806. The minimum Gasteiger partial charge on any atom is -0.756 e. The molecule has 0 saturated heterocycles. The van der Waals surface area contributed by atoms with E-state index in [1.54, 1.807) is 0 Å². The molecule has 0 amide bonds. The number of phosphoric acid groups is 1. The number of rotatable bonds is 66. The Labute approximate surface area is 492 Å². The molecule has 0 rings (SSSR count). The van der Waals surface area contributed by atoms with Gasteiger partial charge in [-0.1, -0.05) is 328 Å². The minimum absolute atomic E-state index is 0.0259. The normalized spacial score (nSPS) is 13.1. The summed E-state index contributed by atoms with van der Waals surface area (Å²) in [7, 11) is 1.19. The monoisotopic (exact) mass is 1140 g/mol. The van der Waals surface area contributed by atoms with Crippen molar-refractivity contribution in [2.24, 2.45) is 0 Å². The number of quaternary nitrogens is 1. The third-order valence-corrected chi connectivity index (χ3v) is 17.0. The molecule has 2 atom stereocenters. The number of carbonyl (C=O) groups is 2. The zero-order valence-corrected chi connectivity index (χ0v) is 54.5. The number of phosphoric ester groups is 1. The summed E-state index contributed by atoms with van der Waals surface area (Å²) in [6.07, 6.45) is 74.4. The SMILES string of the molecule is CCCCCCCCCC/C=C\CCCCCCCCCCCCCCCCCCCCCC(=O)OC(COC(=O)CCCCCCCCCCCCCCCCCCCCCCCCCC)COP(=O)([O-])OCC[N+](C)(C)C. The van der Waals surface area contributed by atoms with Crippen molar-refractivity contribution in [3.63, 3.8) is 0 Å². The molecule has 0 spiro atoms. The number of esters is 2. The fraction of sp³-hybridized carbons (Fsp3) is 0.942. The van der Waals surface area contributed by atoms with Crippen LogP contribution in [0.25, 0.3) is 0 Å². The van der Waals surface area contributed by atoms with Gasteiger partial charge in [-0.3, -0.25) is 14.2 Å². The van der Waals surface area contributed by atoms with Crippen LogP contribution < -0.4 is 4.89 Å². The van der Waals surface area contributed by atoms with Crippen molar-refractivity contribution in [2.45, 2.75) is 373 Å². The molecular weight excluding hydrogens is 1000 g/mol. The van der Waals surface area contributed by atoms with Crippen LogP contribution in [-0.4, -0.2) is 70.0 Å². The van der Waals surface area contributed by atoms with Crippen LogP contribution in [0.1, 0.15) is 367 Å². The van der Waals surface area contributed by atoms with E-state index in [-0.39, 0.29) is 32.0 Å². The van der Waals surface area contributed by atoms with E-state index < -0.39 is 26.5 Å². The van der Waals surface area contributed by atoms with Crippen molar-refractivity contribution < 1.29 is 42.1 Å². The molecule has 2 unspecified atom stereocenters. The Morgan fingerprint density at radius 2 is 0.646 bits per heavy atom. The summed E-state index contributed by atoms with van der Waals surface area (Å²) < 4.78 is 34.3. The van der Waals surface area contributed by atoms with E-state index in [1.807, 2.05) is 21.1 Å². The van der Waals surface area contributed by atoms with Crippen LogP contribution in [0.3, 0.4) is 0 Å². The first-order chi connectivity index (χ1) is 38.5. The summed E-state index contributed by atoms with van der Waals surface area (Å²) in [6, 6.07) is 0. The molecule has 0 bridgehead atoms. The first-order valence-electron chi connectivity index (χ1n) is 34.9. The number of nitrogens with zero attached hydrogens (tertiary/aromatic N) is 1. The van der Waals surface area contributed by atoms with Gasteiger partial charge in [0.15, 0.2) is 6.10 Å². The van der Waals surface area contributed by atoms with Crippen molar-refractivity contribution in [2.75, 3.05) is 47.5 Å². The lowest BCUT2D eigenvalue weighted by Gasteiger charge is -2.28. The second-order valence-electron chi connectivity index (χ2n) is 25.3. The van der Waals surface area contributed by atoms with E-state index in [2.05, 4.69) is 26.0 Å². The van der Waals surface area contributed by atoms with Gasteiger partial charge in [-0.25, -0.2) is 0 Å². The molecule has 0 heterocycles. The second-order valence-corrected chi connectivity index (χ2v) is 26.7. The highest BCUT2D eigenvalue weighted by Gasteiger charge is 2.22. The molecule has 0 fully saturated rings. The van der Waals surface area contributed by atoms with Crippen LogP contribution in [-0.2, 0) is 32.7 Å². The first-order valence-corrected chi connectivity index (χ1v) is 36.4. The second kappa shape index (κ2) is 61.3. The molecule has 9 nitrogen and oxygen atoms in total. The van der Waals surface area contributed by atoms with E-state index in [1.165, 1.54) is 302 Å². The van der Waals surface area contributed by atoms with E-state index in [4.69, 9.17) is 18.5 Å². The number of allylic oxidation sites excluding steroid dienone is 2. The van der Waals surface area contributed by atoms with Gasteiger partial charge >= 0.3 is 11.9 Å². The molecule has 0 N–H and O–H groups in total. The molecule has 0 aliphatic heterocycles. The predicted octanol–water partition coefficient (Wildman–Crippen LogP) is 21.7. The number of hydrogen-bond acceptors (Lipinski definition) is 8. The lowest BCUT2D eigenvalue weighted by molar-refractivity contribution is -0.870. The Kier molecular flexibility index (Phi) is 60.3. The highest BCUT2D eigenvalue weighted by Crippen LogP contribution is 2.38. The summed E-state index contributed by atoms with van der Waals surface area (Å²) in [6.45, 7) is 4.33. The van der Waals surface area contributed by atoms with Gasteiger partial charge < -0.3 is 27.9 Å². The molecule has 0 saturated carbocycles. The minimum atomic E-state index is -4.63. The van der Waals surface area contributed by atoms with Crippen LogP contribution in [0.15, 0.2) is 12.2 Å². The van der Waals surface area contributed by atoms with Crippen molar-refractivity contribution in [1.82, 2.24) is 0 Å². The summed E-state index contributed by atoms with van der Waals surface area (Å²) in [4.78, 5) is 38.0. The molecule has 0 radical (unpaired) electrons. The van der Waals surface area contributed by atoms with Crippen molar-refractivity contribution in [3.8, 4) is 0 Å². The molecule has 0 aromatic heterocycles.